The van der Waals surface area contributed by atoms with Gasteiger partial charge in [0.05, 0.1) is 0 Å². The van der Waals surface area contributed by atoms with Gasteiger partial charge in [0.15, 0.2) is 0 Å². The fraction of sp³-hybridized carbons (Fsp3) is 0.421. The number of carbonyl (C=O) groups is 3. The van der Waals surface area contributed by atoms with Crippen LogP contribution in [0.4, 0.5) is 0 Å². The molecule has 1 aromatic rings. The zero-order valence-corrected chi connectivity index (χ0v) is 14.2. The first-order valence-corrected chi connectivity index (χ1v) is 8.31. The predicted octanol–water partition coefficient (Wildman–Crippen LogP) is 0.860. The molecule has 0 saturated carbocycles. The van der Waals surface area contributed by atoms with Crippen molar-refractivity contribution in [2.45, 2.75) is 38.3 Å². The zero-order chi connectivity index (χ0) is 18.2. The third-order valence-electron chi connectivity index (χ3n) is 4.16. The van der Waals surface area contributed by atoms with E-state index in [2.05, 4.69) is 17.2 Å². The lowest BCUT2D eigenvalue weighted by atomic mass is 10.0. The van der Waals surface area contributed by atoms with Crippen LogP contribution in [0.5, 0.6) is 0 Å². The highest BCUT2D eigenvalue weighted by atomic mass is 16.3. The van der Waals surface area contributed by atoms with Gasteiger partial charge in [-0.25, -0.2) is 0 Å². The highest BCUT2D eigenvalue weighted by Crippen LogP contribution is 2.28. The summed E-state index contributed by atoms with van der Waals surface area (Å²) in [5.74, 6) is 5.55. The summed E-state index contributed by atoms with van der Waals surface area (Å²) in [4.78, 5) is 37.1. The molecule has 1 aliphatic heterocycles. The monoisotopic (exact) mass is 342 g/mol. The van der Waals surface area contributed by atoms with Gasteiger partial charge in [-0.1, -0.05) is 17.9 Å². The van der Waals surface area contributed by atoms with Gasteiger partial charge in [0.25, 0.3) is 5.91 Å². The van der Waals surface area contributed by atoms with E-state index in [1.54, 1.807) is 12.1 Å². The van der Waals surface area contributed by atoms with Gasteiger partial charge in [0.1, 0.15) is 12.3 Å². The Balaban J connectivity index is 2.27. The van der Waals surface area contributed by atoms with Gasteiger partial charge >= 0.3 is 0 Å². The van der Waals surface area contributed by atoms with E-state index < -0.39 is 6.04 Å². The number of benzene rings is 1. The van der Waals surface area contributed by atoms with Gasteiger partial charge in [-0.15, -0.1) is 0 Å². The normalized spacial score (nSPS) is 13.7. The number of aliphatic hydroxyl groups is 1. The van der Waals surface area contributed by atoms with Crippen molar-refractivity contribution in [1.29, 1.82) is 0 Å². The second kappa shape index (κ2) is 9.00. The van der Waals surface area contributed by atoms with Crippen LogP contribution in [0.25, 0.3) is 0 Å². The number of unbranched alkanes of at least 4 members (excludes halogenated alkanes) is 1. The summed E-state index contributed by atoms with van der Waals surface area (Å²) in [6, 6.07) is 4.68. The van der Waals surface area contributed by atoms with E-state index in [0.717, 1.165) is 17.4 Å². The summed E-state index contributed by atoms with van der Waals surface area (Å²) in [6.45, 7) is 0.397. The van der Waals surface area contributed by atoms with Crippen molar-refractivity contribution in [3.63, 3.8) is 0 Å². The zero-order valence-electron chi connectivity index (χ0n) is 14.2. The number of hydrogen-bond acceptors (Lipinski definition) is 4. The van der Waals surface area contributed by atoms with E-state index >= 15 is 0 Å². The molecule has 1 heterocycles. The standard InChI is InChI=1S/C19H22N2O4/c1-20-18(24)17(10-6-12-23)21-13-16-14(7-3-2-4-11-22)8-5-9-15(16)19(21)25/h5,8-9,12,17,22H,2,4,6,10-11,13H2,1H3,(H,20,24). The molecule has 25 heavy (non-hydrogen) atoms. The fourth-order valence-electron chi connectivity index (χ4n) is 2.87. The van der Waals surface area contributed by atoms with E-state index in [0.29, 0.717) is 31.4 Å². The average Bonchev–Trinajstić information content (AvgIpc) is 2.96. The van der Waals surface area contributed by atoms with Crippen molar-refractivity contribution in [3.8, 4) is 11.8 Å². The lowest BCUT2D eigenvalue weighted by Crippen LogP contribution is -2.46. The Hall–Kier alpha value is -2.65. The molecular formula is C19H22N2O4. The number of carbonyl (C=O) groups excluding carboxylic acids is 3. The molecule has 1 unspecified atom stereocenters. The quantitative estimate of drug-likeness (QED) is 0.437. The maximum absolute atomic E-state index is 12.7. The van der Waals surface area contributed by atoms with Gasteiger partial charge in [-0.2, -0.15) is 0 Å². The van der Waals surface area contributed by atoms with Crippen LogP contribution >= 0.6 is 0 Å². The third kappa shape index (κ3) is 4.25. The van der Waals surface area contributed by atoms with Crippen molar-refractivity contribution in [3.05, 3.63) is 34.9 Å². The van der Waals surface area contributed by atoms with E-state index in [9.17, 15) is 14.4 Å². The summed E-state index contributed by atoms with van der Waals surface area (Å²) < 4.78 is 0. The van der Waals surface area contributed by atoms with Crippen LogP contribution in [0.15, 0.2) is 18.2 Å². The Morgan fingerprint density at radius 3 is 2.96 bits per heavy atom. The number of nitrogens with one attached hydrogen (secondary N) is 1. The number of hydrogen-bond donors (Lipinski definition) is 2. The van der Waals surface area contributed by atoms with Crippen molar-refractivity contribution >= 4 is 18.1 Å². The summed E-state index contributed by atoms with van der Waals surface area (Å²) in [5.41, 5.74) is 2.12. The maximum atomic E-state index is 12.7. The van der Waals surface area contributed by atoms with Crippen LogP contribution in [0.3, 0.4) is 0 Å². The highest BCUT2D eigenvalue weighted by Gasteiger charge is 2.36. The topological polar surface area (TPSA) is 86.7 Å². The fourth-order valence-corrected chi connectivity index (χ4v) is 2.87. The average molecular weight is 342 g/mol. The highest BCUT2D eigenvalue weighted by molar-refractivity contribution is 6.01. The van der Waals surface area contributed by atoms with Gasteiger partial charge in [-0.05, 0) is 30.5 Å². The summed E-state index contributed by atoms with van der Waals surface area (Å²) in [5, 5.41) is 11.4. The third-order valence-corrected chi connectivity index (χ3v) is 4.16. The van der Waals surface area contributed by atoms with Crippen LogP contribution in [0.2, 0.25) is 0 Å². The lowest BCUT2D eigenvalue weighted by Gasteiger charge is -2.25. The molecule has 1 aliphatic rings. The summed E-state index contributed by atoms with van der Waals surface area (Å²) in [6.07, 6.45) is 2.45. The van der Waals surface area contributed by atoms with Crippen LogP contribution in [0.1, 0.15) is 47.2 Å². The van der Waals surface area contributed by atoms with Crippen molar-refractivity contribution in [2.75, 3.05) is 13.7 Å². The molecule has 0 fully saturated rings. The van der Waals surface area contributed by atoms with Crippen molar-refractivity contribution < 1.29 is 19.5 Å². The van der Waals surface area contributed by atoms with Crippen LogP contribution in [-0.4, -0.2) is 47.8 Å². The molecule has 6 nitrogen and oxygen atoms in total. The SMILES string of the molecule is CNC(=O)C(CCC=O)N1Cc2c(C#CCCCO)cccc2C1=O. The molecule has 2 N–H and O–H groups in total. The Morgan fingerprint density at radius 1 is 1.48 bits per heavy atom. The minimum absolute atomic E-state index is 0.0956. The van der Waals surface area contributed by atoms with Crippen LogP contribution < -0.4 is 5.32 Å². The Labute approximate surface area is 147 Å². The predicted molar refractivity (Wildman–Crippen MR) is 92.7 cm³/mol. The number of nitrogens with zero attached hydrogens (tertiary/aromatic N) is 1. The van der Waals surface area contributed by atoms with Gasteiger partial charge < -0.3 is 20.1 Å². The Bertz CT molecular complexity index is 718. The van der Waals surface area contributed by atoms with E-state index in [1.165, 1.54) is 11.9 Å². The van der Waals surface area contributed by atoms with Crippen molar-refractivity contribution in [1.82, 2.24) is 10.2 Å². The first-order chi connectivity index (χ1) is 12.1. The number of fused-ring (bicyclic) bond motifs is 1. The second-order valence-electron chi connectivity index (χ2n) is 5.77. The molecule has 0 spiro atoms. The molecule has 1 aromatic carbocycles. The largest absolute Gasteiger partial charge is 0.396 e. The second-order valence-corrected chi connectivity index (χ2v) is 5.77. The minimum Gasteiger partial charge on any atom is -0.396 e. The minimum atomic E-state index is -0.676. The Morgan fingerprint density at radius 2 is 2.28 bits per heavy atom. The molecule has 2 amide bonds. The van der Waals surface area contributed by atoms with E-state index in [-0.39, 0.29) is 24.8 Å². The van der Waals surface area contributed by atoms with Gasteiger partial charge in [-0.3, -0.25) is 9.59 Å². The van der Waals surface area contributed by atoms with Gasteiger partial charge in [0.2, 0.25) is 5.91 Å². The number of aliphatic hydroxyl groups excluding tert-OH is 1. The molecule has 0 aromatic heterocycles. The van der Waals surface area contributed by atoms with Crippen LogP contribution in [-0.2, 0) is 16.1 Å². The van der Waals surface area contributed by atoms with Crippen LogP contribution in [0, 0.1) is 11.8 Å². The van der Waals surface area contributed by atoms with Gasteiger partial charge in [0, 0.05) is 44.2 Å². The number of aldehydes is 1. The van der Waals surface area contributed by atoms with Crippen molar-refractivity contribution in [2.24, 2.45) is 0 Å². The first kappa shape index (κ1) is 18.7. The number of likely N-dealkylation sites (N-methyl/N-ethyl adjacent to an activating group) is 1. The molecular weight excluding hydrogens is 320 g/mol. The smallest absolute Gasteiger partial charge is 0.255 e. The molecule has 6 heteroatoms. The van der Waals surface area contributed by atoms with E-state index in [1.807, 2.05) is 6.07 Å². The number of rotatable bonds is 7. The molecule has 0 saturated heterocycles. The molecule has 0 bridgehead atoms. The van der Waals surface area contributed by atoms with E-state index in [4.69, 9.17) is 5.11 Å². The lowest BCUT2D eigenvalue weighted by molar-refractivity contribution is -0.125. The molecule has 2 rings (SSSR count). The maximum Gasteiger partial charge on any atom is 0.255 e. The molecule has 0 radical (unpaired) electrons. The summed E-state index contributed by atoms with van der Waals surface area (Å²) >= 11 is 0. The first-order valence-electron chi connectivity index (χ1n) is 8.31. The summed E-state index contributed by atoms with van der Waals surface area (Å²) in [7, 11) is 1.52. The molecule has 1 atom stereocenters. The number of amides is 2. The molecule has 132 valence electrons. The molecule has 0 aliphatic carbocycles. The Kier molecular flexibility index (Phi) is 6.72.